The predicted octanol–water partition coefficient (Wildman–Crippen LogP) is 1.66. The van der Waals surface area contributed by atoms with Gasteiger partial charge in [0, 0.05) is 5.56 Å². The summed E-state index contributed by atoms with van der Waals surface area (Å²) in [5, 5.41) is 7.53. The predicted molar refractivity (Wildman–Crippen MR) is 86.5 cm³/mol. The summed E-state index contributed by atoms with van der Waals surface area (Å²) in [5.41, 5.74) is 0.638. The van der Waals surface area contributed by atoms with E-state index >= 15 is 0 Å². The molecule has 0 amide bonds. The van der Waals surface area contributed by atoms with E-state index in [2.05, 4.69) is 10.2 Å². The lowest BCUT2D eigenvalue weighted by atomic mass is 9.69. The van der Waals surface area contributed by atoms with Crippen molar-refractivity contribution < 1.29 is 12.8 Å². The van der Waals surface area contributed by atoms with Crippen molar-refractivity contribution in [1.82, 2.24) is 10.2 Å². The number of sulfone groups is 1. The Kier molecular flexibility index (Phi) is 3.85. The lowest BCUT2D eigenvalue weighted by Crippen LogP contribution is -2.37. The Labute approximate surface area is 136 Å². The van der Waals surface area contributed by atoms with Crippen LogP contribution in [0.5, 0.6) is 0 Å². The van der Waals surface area contributed by atoms with E-state index in [0.29, 0.717) is 5.56 Å². The van der Waals surface area contributed by atoms with Gasteiger partial charge in [0.1, 0.15) is 0 Å². The largest absolute Gasteiger partial charge is 0.421 e. The number of aromatic nitrogens is 2. The van der Waals surface area contributed by atoms with Crippen LogP contribution in [0.4, 0.5) is 0 Å². The minimum absolute atomic E-state index is 0.0236. The highest BCUT2D eigenvalue weighted by Crippen LogP contribution is 2.30. The molecule has 0 fully saturated rings. The third-order valence-corrected chi connectivity index (χ3v) is 5.23. The molecule has 0 bridgehead atoms. The first kappa shape index (κ1) is 15.6. The first-order valence-electron chi connectivity index (χ1n) is 6.70. The van der Waals surface area contributed by atoms with Crippen molar-refractivity contribution in [2.75, 3.05) is 0 Å². The summed E-state index contributed by atoms with van der Waals surface area (Å²) in [6.07, 6.45) is 0. The van der Waals surface area contributed by atoms with Gasteiger partial charge in [-0.1, -0.05) is 36.4 Å². The van der Waals surface area contributed by atoms with Gasteiger partial charge in [0.05, 0.1) is 25.1 Å². The highest BCUT2D eigenvalue weighted by Gasteiger charge is 2.41. The Hall–Kier alpha value is -2.34. The smallest absolute Gasteiger partial charge is 0.247 e. The van der Waals surface area contributed by atoms with Crippen molar-refractivity contribution in [1.29, 1.82) is 0 Å². The molecule has 0 N–H and O–H groups in total. The average Bonchev–Trinajstić information content (AvgIpc) is 3.07. The van der Waals surface area contributed by atoms with Gasteiger partial charge in [-0.25, -0.2) is 8.42 Å². The SMILES string of the molecule is [B]C([B])(c1nnc(-c2ccccc2)o1)S(=O)(=O)c1ccccc1. The van der Waals surface area contributed by atoms with E-state index in [0.717, 1.165) is 0 Å². The van der Waals surface area contributed by atoms with Gasteiger partial charge in [0.25, 0.3) is 0 Å². The molecule has 0 saturated heterocycles. The molecular weight excluding hydrogens is 310 g/mol. The third kappa shape index (κ3) is 2.70. The van der Waals surface area contributed by atoms with Gasteiger partial charge >= 0.3 is 0 Å². The second-order valence-electron chi connectivity index (χ2n) is 4.89. The summed E-state index contributed by atoms with van der Waals surface area (Å²) < 4.78 is 28.3. The molecule has 0 aliphatic carbocycles. The Morgan fingerprint density at radius 3 is 2.04 bits per heavy atom. The Morgan fingerprint density at radius 2 is 1.43 bits per heavy atom. The van der Waals surface area contributed by atoms with E-state index in [1.54, 1.807) is 42.5 Å². The van der Waals surface area contributed by atoms with Gasteiger partial charge in [-0.3, -0.25) is 0 Å². The van der Waals surface area contributed by atoms with Crippen LogP contribution in [-0.2, 0) is 14.4 Å². The van der Waals surface area contributed by atoms with Gasteiger partial charge < -0.3 is 4.42 Å². The van der Waals surface area contributed by atoms with Gasteiger partial charge in [0.15, 0.2) is 9.84 Å². The van der Waals surface area contributed by atoms with Crippen LogP contribution in [0.1, 0.15) is 5.89 Å². The van der Waals surface area contributed by atoms with E-state index in [1.807, 2.05) is 6.07 Å². The molecule has 23 heavy (non-hydrogen) atoms. The molecular formula is C15H10B2N2O3S. The summed E-state index contributed by atoms with van der Waals surface area (Å²) in [5.74, 6) is -0.232. The molecule has 3 rings (SSSR count). The van der Waals surface area contributed by atoms with Crippen LogP contribution in [0.25, 0.3) is 11.5 Å². The van der Waals surface area contributed by atoms with Gasteiger partial charge in [-0.05, 0) is 24.3 Å². The topological polar surface area (TPSA) is 73.1 Å². The molecule has 4 radical (unpaired) electrons. The maximum Gasteiger partial charge on any atom is 0.247 e. The van der Waals surface area contributed by atoms with Gasteiger partial charge in [-0.2, -0.15) is 0 Å². The Balaban J connectivity index is 2.02. The molecule has 0 saturated carbocycles. The lowest BCUT2D eigenvalue weighted by molar-refractivity contribution is 0.502. The van der Waals surface area contributed by atoms with Crippen LogP contribution in [0, 0.1) is 0 Å². The summed E-state index contributed by atoms with van der Waals surface area (Å²) in [4.78, 5) is -0.0236. The highest BCUT2D eigenvalue weighted by atomic mass is 32.2. The molecule has 8 heteroatoms. The summed E-state index contributed by atoms with van der Waals surface area (Å²) in [7, 11) is 7.56. The maximum absolute atomic E-state index is 12.6. The average molecular weight is 320 g/mol. The first-order chi connectivity index (χ1) is 10.9. The van der Waals surface area contributed by atoms with Crippen LogP contribution >= 0.6 is 0 Å². The molecule has 0 unspecified atom stereocenters. The second kappa shape index (κ2) is 5.70. The molecule has 0 aliphatic rings. The van der Waals surface area contributed by atoms with Crippen molar-refractivity contribution in [2.45, 2.75) is 9.44 Å². The number of rotatable bonds is 4. The fourth-order valence-electron chi connectivity index (χ4n) is 1.99. The summed E-state index contributed by atoms with van der Waals surface area (Å²) in [6, 6.07) is 16.5. The van der Waals surface area contributed by atoms with Crippen molar-refractivity contribution in [3.63, 3.8) is 0 Å². The maximum atomic E-state index is 12.6. The highest BCUT2D eigenvalue weighted by molar-refractivity contribution is 7.94. The van der Waals surface area contributed by atoms with Crippen LogP contribution in [-0.4, -0.2) is 34.3 Å². The van der Waals surface area contributed by atoms with Crippen molar-refractivity contribution in [3.05, 3.63) is 66.6 Å². The number of nitrogens with zero attached hydrogens (tertiary/aromatic N) is 2. The Bertz CT molecular complexity index is 910. The fourth-order valence-corrected chi connectivity index (χ4v) is 3.21. The quantitative estimate of drug-likeness (QED) is 0.684. The zero-order valence-corrected chi connectivity index (χ0v) is 12.8. The lowest BCUT2D eigenvalue weighted by Gasteiger charge is -2.21. The molecule has 0 spiro atoms. The zero-order valence-electron chi connectivity index (χ0n) is 12.0. The van der Waals surface area contributed by atoms with Crippen LogP contribution in [0.3, 0.4) is 0 Å². The fraction of sp³-hybridized carbons (Fsp3) is 0.0667. The van der Waals surface area contributed by atoms with E-state index in [1.165, 1.54) is 12.1 Å². The molecule has 1 heterocycles. The minimum atomic E-state index is -4.10. The van der Waals surface area contributed by atoms with Crippen LogP contribution in [0.2, 0.25) is 0 Å². The molecule has 3 aromatic rings. The summed E-state index contributed by atoms with van der Waals surface area (Å²) in [6.45, 7) is 0. The molecule has 110 valence electrons. The number of hydrogen-bond donors (Lipinski definition) is 0. The first-order valence-corrected chi connectivity index (χ1v) is 8.18. The van der Waals surface area contributed by atoms with Crippen molar-refractivity contribution >= 4 is 25.5 Å². The minimum Gasteiger partial charge on any atom is -0.421 e. The molecule has 1 aromatic heterocycles. The van der Waals surface area contributed by atoms with E-state index < -0.39 is 14.4 Å². The van der Waals surface area contributed by atoms with E-state index in [4.69, 9.17) is 20.1 Å². The number of benzene rings is 2. The van der Waals surface area contributed by atoms with E-state index in [9.17, 15) is 8.42 Å². The normalized spacial score (nSPS) is 12.2. The monoisotopic (exact) mass is 320 g/mol. The van der Waals surface area contributed by atoms with Gasteiger partial charge in [-0.15, -0.1) is 10.2 Å². The third-order valence-electron chi connectivity index (χ3n) is 3.28. The van der Waals surface area contributed by atoms with Crippen molar-refractivity contribution in [2.24, 2.45) is 0 Å². The van der Waals surface area contributed by atoms with Gasteiger partial charge in [0.2, 0.25) is 11.8 Å². The summed E-state index contributed by atoms with van der Waals surface area (Å²) >= 11 is 0. The molecule has 5 nitrogen and oxygen atoms in total. The number of hydrogen-bond acceptors (Lipinski definition) is 5. The molecule has 0 atom stereocenters. The van der Waals surface area contributed by atoms with E-state index in [-0.39, 0.29) is 16.7 Å². The second-order valence-corrected chi connectivity index (χ2v) is 7.04. The standard InChI is InChI=1S/C15H10B2N2O3S/c16-15(17,23(20,21)12-9-5-2-6-10-12)14-19-18-13(22-14)11-7-3-1-4-8-11/h1-10H. The van der Waals surface area contributed by atoms with Crippen molar-refractivity contribution in [3.8, 4) is 11.5 Å². The molecule has 2 aromatic carbocycles. The van der Waals surface area contributed by atoms with Crippen LogP contribution in [0.15, 0.2) is 70.0 Å². The van der Waals surface area contributed by atoms with Crippen LogP contribution < -0.4 is 0 Å². The molecule has 0 aliphatic heterocycles. The zero-order chi connectivity index (χ0) is 16.5. The Morgan fingerprint density at radius 1 is 0.870 bits per heavy atom.